The van der Waals surface area contributed by atoms with Gasteiger partial charge in [0, 0.05) is 21.9 Å². The van der Waals surface area contributed by atoms with E-state index in [9.17, 15) is 4.79 Å². The maximum atomic E-state index is 12.4. The lowest BCUT2D eigenvalue weighted by atomic mass is 10.1. The van der Waals surface area contributed by atoms with Crippen molar-refractivity contribution < 1.29 is 4.74 Å². The zero-order valence-electron chi connectivity index (χ0n) is 14.0. The zero-order chi connectivity index (χ0) is 17.1. The molecule has 2 aromatic heterocycles. The minimum absolute atomic E-state index is 0.00866. The number of aromatic nitrogens is 2. The summed E-state index contributed by atoms with van der Waals surface area (Å²) < 4.78 is 5.16. The summed E-state index contributed by atoms with van der Waals surface area (Å²) in [5, 5.41) is 0.770. The standard InChI is InChI=1S/C18H20N2O2S2/c1-4-14-11(2)24-18-16(14)17(21)19-15(20-18)9-10-23-13-7-5-12(22-3)6-8-13/h5-8H,4,9-10H2,1-3H3,(H,19,20,21). The van der Waals surface area contributed by atoms with E-state index in [4.69, 9.17) is 4.74 Å². The summed E-state index contributed by atoms with van der Waals surface area (Å²) >= 11 is 3.36. The number of aromatic amines is 1. The third-order valence-corrected chi connectivity index (χ3v) is 5.99. The fraction of sp³-hybridized carbons (Fsp3) is 0.333. The predicted molar refractivity (Wildman–Crippen MR) is 102 cm³/mol. The van der Waals surface area contributed by atoms with Crippen LogP contribution in [0.3, 0.4) is 0 Å². The third-order valence-electron chi connectivity index (χ3n) is 3.93. The molecular formula is C18H20N2O2S2. The van der Waals surface area contributed by atoms with E-state index in [2.05, 4.69) is 23.8 Å². The lowest BCUT2D eigenvalue weighted by molar-refractivity contribution is 0.414. The Labute approximate surface area is 149 Å². The number of H-pyrrole nitrogens is 1. The quantitative estimate of drug-likeness (QED) is 0.670. The number of thiophene rings is 1. The summed E-state index contributed by atoms with van der Waals surface area (Å²) in [6.07, 6.45) is 1.60. The molecule has 0 fully saturated rings. The van der Waals surface area contributed by atoms with Gasteiger partial charge in [0.1, 0.15) is 16.4 Å². The zero-order valence-corrected chi connectivity index (χ0v) is 15.6. The van der Waals surface area contributed by atoms with Gasteiger partial charge in [-0.1, -0.05) is 6.92 Å². The number of hydrogen-bond donors (Lipinski definition) is 1. The summed E-state index contributed by atoms with van der Waals surface area (Å²) in [5.74, 6) is 2.49. The average molecular weight is 361 g/mol. The van der Waals surface area contributed by atoms with E-state index in [1.807, 2.05) is 24.3 Å². The highest BCUT2D eigenvalue weighted by Gasteiger charge is 2.13. The van der Waals surface area contributed by atoms with Crippen molar-refractivity contribution in [2.24, 2.45) is 0 Å². The Morgan fingerprint density at radius 1 is 1.29 bits per heavy atom. The molecular weight excluding hydrogens is 340 g/mol. The highest BCUT2D eigenvalue weighted by molar-refractivity contribution is 7.99. The molecule has 0 saturated heterocycles. The smallest absolute Gasteiger partial charge is 0.259 e. The predicted octanol–water partition coefficient (Wildman–Crippen LogP) is 4.20. The van der Waals surface area contributed by atoms with E-state index >= 15 is 0 Å². The van der Waals surface area contributed by atoms with Crippen LogP contribution in [0.15, 0.2) is 34.0 Å². The van der Waals surface area contributed by atoms with Crippen molar-refractivity contribution in [2.45, 2.75) is 31.6 Å². The molecule has 2 heterocycles. The maximum absolute atomic E-state index is 12.4. The number of ether oxygens (including phenoxy) is 1. The Morgan fingerprint density at radius 3 is 2.71 bits per heavy atom. The molecule has 3 rings (SSSR count). The van der Waals surface area contributed by atoms with Gasteiger partial charge in [-0.05, 0) is 43.2 Å². The van der Waals surface area contributed by atoms with Gasteiger partial charge in [-0.15, -0.1) is 23.1 Å². The molecule has 0 bridgehead atoms. The second-order valence-electron chi connectivity index (χ2n) is 5.46. The van der Waals surface area contributed by atoms with Crippen LogP contribution in [0.25, 0.3) is 10.2 Å². The van der Waals surface area contributed by atoms with Gasteiger partial charge in [0.25, 0.3) is 5.56 Å². The molecule has 3 aromatic rings. The number of nitrogens with zero attached hydrogens (tertiary/aromatic N) is 1. The topological polar surface area (TPSA) is 55.0 Å². The Hall–Kier alpha value is -1.79. The maximum Gasteiger partial charge on any atom is 0.259 e. The van der Waals surface area contributed by atoms with Crippen LogP contribution in [0.2, 0.25) is 0 Å². The molecule has 0 aliphatic rings. The van der Waals surface area contributed by atoms with E-state index in [1.54, 1.807) is 30.2 Å². The molecule has 0 radical (unpaired) electrons. The molecule has 0 aliphatic carbocycles. The fourth-order valence-corrected chi connectivity index (χ4v) is 4.69. The van der Waals surface area contributed by atoms with Gasteiger partial charge in [0.05, 0.1) is 12.5 Å². The summed E-state index contributed by atoms with van der Waals surface area (Å²) in [4.78, 5) is 23.2. The molecule has 6 heteroatoms. The molecule has 0 unspecified atom stereocenters. The van der Waals surface area contributed by atoms with E-state index in [0.29, 0.717) is 0 Å². The first-order valence-corrected chi connectivity index (χ1v) is 9.70. The molecule has 126 valence electrons. The monoisotopic (exact) mass is 360 g/mol. The van der Waals surface area contributed by atoms with Crippen LogP contribution < -0.4 is 10.3 Å². The minimum atomic E-state index is -0.00866. The van der Waals surface area contributed by atoms with E-state index in [-0.39, 0.29) is 5.56 Å². The molecule has 0 aliphatic heterocycles. The second-order valence-corrected chi connectivity index (χ2v) is 7.83. The molecule has 0 atom stereocenters. The number of benzene rings is 1. The number of nitrogens with one attached hydrogen (secondary N) is 1. The number of aryl methyl sites for hydroxylation is 3. The van der Waals surface area contributed by atoms with Crippen molar-refractivity contribution in [3.05, 3.63) is 50.9 Å². The SMILES string of the molecule is CCc1c(C)sc2nc(CCSc3ccc(OC)cc3)[nH]c(=O)c12. The Morgan fingerprint density at radius 2 is 2.04 bits per heavy atom. The van der Waals surface area contributed by atoms with Crippen molar-refractivity contribution in [3.63, 3.8) is 0 Å². The molecule has 0 saturated carbocycles. The van der Waals surface area contributed by atoms with Crippen molar-refractivity contribution in [2.75, 3.05) is 12.9 Å². The summed E-state index contributed by atoms with van der Waals surface area (Å²) in [6.45, 7) is 4.14. The van der Waals surface area contributed by atoms with Gasteiger partial charge in [-0.3, -0.25) is 4.79 Å². The van der Waals surface area contributed by atoms with Crippen LogP contribution in [0.4, 0.5) is 0 Å². The van der Waals surface area contributed by atoms with Crippen molar-refractivity contribution >= 4 is 33.3 Å². The van der Waals surface area contributed by atoms with Crippen molar-refractivity contribution in [3.8, 4) is 5.75 Å². The number of thioether (sulfide) groups is 1. The number of hydrogen-bond acceptors (Lipinski definition) is 5. The Kier molecular flexibility index (Phi) is 5.26. The van der Waals surface area contributed by atoms with Crippen LogP contribution >= 0.6 is 23.1 Å². The number of rotatable bonds is 6. The van der Waals surface area contributed by atoms with Crippen molar-refractivity contribution in [1.82, 2.24) is 9.97 Å². The van der Waals surface area contributed by atoms with E-state index in [1.165, 1.54) is 9.77 Å². The van der Waals surface area contributed by atoms with Gasteiger partial charge in [0.2, 0.25) is 0 Å². The summed E-state index contributed by atoms with van der Waals surface area (Å²) in [6, 6.07) is 7.99. The first kappa shape index (κ1) is 17.0. The van der Waals surface area contributed by atoms with Gasteiger partial charge >= 0.3 is 0 Å². The van der Waals surface area contributed by atoms with Crippen LogP contribution in [-0.4, -0.2) is 22.8 Å². The second kappa shape index (κ2) is 7.40. The van der Waals surface area contributed by atoms with Gasteiger partial charge in [0.15, 0.2) is 0 Å². The van der Waals surface area contributed by atoms with Gasteiger partial charge in [-0.2, -0.15) is 0 Å². The highest BCUT2D eigenvalue weighted by Crippen LogP contribution is 2.27. The summed E-state index contributed by atoms with van der Waals surface area (Å²) in [5.41, 5.74) is 1.12. The van der Waals surface area contributed by atoms with E-state index < -0.39 is 0 Å². The van der Waals surface area contributed by atoms with Gasteiger partial charge < -0.3 is 9.72 Å². The van der Waals surface area contributed by atoms with Crippen LogP contribution in [-0.2, 0) is 12.8 Å². The minimum Gasteiger partial charge on any atom is -0.497 e. The van der Waals surface area contributed by atoms with Crippen molar-refractivity contribution in [1.29, 1.82) is 0 Å². The van der Waals surface area contributed by atoms with E-state index in [0.717, 1.165) is 45.9 Å². The highest BCUT2D eigenvalue weighted by atomic mass is 32.2. The number of methoxy groups -OCH3 is 1. The van der Waals surface area contributed by atoms with Crippen LogP contribution in [0, 0.1) is 6.92 Å². The molecule has 24 heavy (non-hydrogen) atoms. The fourth-order valence-electron chi connectivity index (χ4n) is 2.70. The Bertz CT molecular complexity index is 898. The van der Waals surface area contributed by atoms with Crippen LogP contribution in [0.5, 0.6) is 5.75 Å². The Balaban J connectivity index is 1.72. The first-order chi connectivity index (χ1) is 11.6. The first-order valence-electron chi connectivity index (χ1n) is 7.90. The molecule has 1 aromatic carbocycles. The molecule has 1 N–H and O–H groups in total. The largest absolute Gasteiger partial charge is 0.497 e. The average Bonchev–Trinajstić information content (AvgIpc) is 2.91. The number of fused-ring (bicyclic) bond motifs is 1. The molecule has 0 amide bonds. The normalized spacial score (nSPS) is 11.1. The van der Waals surface area contributed by atoms with Gasteiger partial charge in [-0.25, -0.2) is 4.98 Å². The lowest BCUT2D eigenvalue weighted by Crippen LogP contribution is -2.12. The van der Waals surface area contributed by atoms with Crippen LogP contribution in [0.1, 0.15) is 23.2 Å². The third kappa shape index (κ3) is 3.49. The lowest BCUT2D eigenvalue weighted by Gasteiger charge is -2.04. The molecule has 4 nitrogen and oxygen atoms in total. The summed E-state index contributed by atoms with van der Waals surface area (Å²) in [7, 11) is 1.66. The molecule has 0 spiro atoms.